The first kappa shape index (κ1) is 30.6. The molecule has 0 heterocycles. The minimum Gasteiger partial charge on any atom is -0.480 e. The van der Waals surface area contributed by atoms with E-state index in [2.05, 4.69) is 66.0 Å². The van der Waals surface area contributed by atoms with Gasteiger partial charge in [0.05, 0.1) is 6.54 Å². The van der Waals surface area contributed by atoms with Gasteiger partial charge in [-0.25, -0.2) is 10.6 Å². The van der Waals surface area contributed by atoms with E-state index in [-0.39, 0.29) is 24.9 Å². The van der Waals surface area contributed by atoms with Crippen molar-refractivity contribution in [1.82, 2.24) is 10.7 Å². The van der Waals surface area contributed by atoms with Gasteiger partial charge in [-0.05, 0) is 36.1 Å². The average Bonchev–Trinajstić information content (AvgIpc) is 3.31. The summed E-state index contributed by atoms with van der Waals surface area (Å²) >= 11 is 0. The van der Waals surface area contributed by atoms with Crippen LogP contribution in [0.1, 0.15) is 28.2 Å². The lowest BCUT2D eigenvalue weighted by molar-refractivity contribution is -0.135. The van der Waals surface area contributed by atoms with Crippen molar-refractivity contribution in [3.05, 3.63) is 131 Å². The molecule has 0 aromatic heterocycles. The van der Waals surface area contributed by atoms with Gasteiger partial charge in [0.1, 0.15) is 19.0 Å². The molecule has 0 unspecified atom stereocenters. The van der Waals surface area contributed by atoms with Gasteiger partial charge < -0.3 is 20.6 Å². The van der Waals surface area contributed by atoms with Crippen molar-refractivity contribution in [2.45, 2.75) is 19.8 Å². The van der Waals surface area contributed by atoms with Crippen LogP contribution in [0, 0.1) is 13.8 Å². The number of ether oxygens (including phenoxy) is 1. The fourth-order valence-corrected chi connectivity index (χ4v) is 4.19. The summed E-state index contributed by atoms with van der Waals surface area (Å²) in [5.41, 5.74) is 9.44. The lowest BCUT2D eigenvalue weighted by Gasteiger charge is -2.15. The summed E-state index contributed by atoms with van der Waals surface area (Å²) < 4.78 is 5.37. The number of hydrogen-bond acceptors (Lipinski definition) is 5. The summed E-state index contributed by atoms with van der Waals surface area (Å²) in [6.07, 6.45) is -0.630. The van der Waals surface area contributed by atoms with Crippen molar-refractivity contribution >= 4 is 17.9 Å². The molecule has 0 saturated carbocycles. The lowest BCUT2D eigenvalue weighted by Crippen LogP contribution is -2.41. The normalized spacial score (nSPS) is 11.4. The molecule has 4 aromatic rings. The van der Waals surface area contributed by atoms with Gasteiger partial charge in [-0.2, -0.15) is 0 Å². The monoisotopic (exact) mass is 552 g/mol. The molecule has 8 heteroatoms. The highest BCUT2D eigenvalue weighted by atomic mass is 16.5. The van der Waals surface area contributed by atoms with Crippen molar-refractivity contribution in [2.75, 3.05) is 19.7 Å². The molecule has 5 rings (SSSR count). The third-order valence-corrected chi connectivity index (χ3v) is 6.20. The van der Waals surface area contributed by atoms with Gasteiger partial charge >= 0.3 is 12.1 Å². The molecule has 212 valence electrons. The third kappa shape index (κ3) is 9.94. The van der Waals surface area contributed by atoms with E-state index in [4.69, 9.17) is 15.7 Å². The smallest absolute Gasteiger partial charge is 0.407 e. The zero-order valence-electron chi connectivity index (χ0n) is 23.3. The first-order chi connectivity index (χ1) is 19.9. The van der Waals surface area contributed by atoms with E-state index >= 15 is 0 Å². The van der Waals surface area contributed by atoms with Crippen molar-refractivity contribution < 1.29 is 19.4 Å². The molecule has 4 aromatic carbocycles. The molecular formula is C33H36N4O4. The van der Waals surface area contributed by atoms with Crippen LogP contribution in [0.25, 0.3) is 11.1 Å². The number of carboxylic acids is 1. The number of carbonyl (C=O) groups is 2. The minimum atomic E-state index is -1.09. The van der Waals surface area contributed by atoms with Gasteiger partial charge in [0.2, 0.25) is 0 Å². The number of nitrogens with two attached hydrogens (primary N) is 1. The van der Waals surface area contributed by atoms with Gasteiger partial charge in [-0.1, -0.05) is 120 Å². The highest BCUT2D eigenvalue weighted by Crippen LogP contribution is 2.44. The second-order valence-electron chi connectivity index (χ2n) is 9.29. The molecule has 8 nitrogen and oxygen atoms in total. The molecule has 1 aliphatic carbocycles. The Morgan fingerprint density at radius 1 is 0.780 bits per heavy atom. The van der Waals surface area contributed by atoms with Crippen molar-refractivity contribution in [2.24, 2.45) is 10.8 Å². The Balaban J connectivity index is 0.000000267. The number of carbonyl (C=O) groups excluding carboxylic acids is 1. The molecule has 1 aliphatic rings. The fraction of sp³-hybridized carbons (Fsp3) is 0.182. The number of amidine groups is 1. The zero-order chi connectivity index (χ0) is 29.5. The quantitative estimate of drug-likeness (QED) is 0.109. The van der Waals surface area contributed by atoms with Gasteiger partial charge in [0.15, 0.2) is 0 Å². The van der Waals surface area contributed by atoms with Crippen LogP contribution in [0.2, 0.25) is 0 Å². The Kier molecular flexibility index (Phi) is 12.1. The molecule has 0 fully saturated rings. The summed E-state index contributed by atoms with van der Waals surface area (Å²) in [6, 6.07) is 36.6. The summed E-state index contributed by atoms with van der Waals surface area (Å²) in [7, 11) is 0. The lowest BCUT2D eigenvalue weighted by atomic mass is 9.98. The van der Waals surface area contributed by atoms with Gasteiger partial charge in [0, 0.05) is 5.92 Å². The topological polar surface area (TPSA) is 126 Å². The number of nitrogens with one attached hydrogen (secondary N) is 2. The Labute approximate surface area is 240 Å². The molecule has 0 saturated heterocycles. The van der Waals surface area contributed by atoms with E-state index < -0.39 is 18.6 Å². The number of aliphatic imine (C=N–C) groups is 1. The van der Waals surface area contributed by atoms with Crippen LogP contribution in [0.4, 0.5) is 4.79 Å². The Bertz CT molecular complexity index is 1340. The molecule has 41 heavy (non-hydrogen) atoms. The maximum absolute atomic E-state index is 12.0. The summed E-state index contributed by atoms with van der Waals surface area (Å²) in [6.45, 7) is 3.86. The molecule has 0 atom stereocenters. The van der Waals surface area contributed by atoms with Gasteiger partial charge in [-0.15, -0.1) is 0 Å². The van der Waals surface area contributed by atoms with Crippen LogP contribution in [0.15, 0.2) is 114 Å². The molecule has 5 N–H and O–H groups in total. The van der Waals surface area contributed by atoms with E-state index in [1.54, 1.807) is 0 Å². The highest BCUT2D eigenvalue weighted by molar-refractivity contribution is 5.88. The first-order valence-electron chi connectivity index (χ1n) is 13.2. The minimum absolute atomic E-state index is 0.0315. The van der Waals surface area contributed by atoms with E-state index in [9.17, 15) is 9.59 Å². The number of amides is 1. The van der Waals surface area contributed by atoms with Crippen LogP contribution in [-0.4, -0.2) is 42.7 Å². The second-order valence-corrected chi connectivity index (χ2v) is 9.29. The Morgan fingerprint density at radius 2 is 1.24 bits per heavy atom. The van der Waals surface area contributed by atoms with Crippen LogP contribution in [0.3, 0.4) is 0 Å². The number of aliphatic carboxylic acids is 1. The number of fused-ring (bicyclic) bond motifs is 3. The maximum atomic E-state index is 12.0. The number of alkyl carbamates (subject to hydrolysis) is 1. The number of aryl methyl sites for hydroxylation is 2. The SMILES string of the molecule is Cc1ccccc1.Cc1ccccc1.NNC(CNC(=O)OCC1c2ccccc2-c2ccccc21)=NCC(=O)O. The van der Waals surface area contributed by atoms with E-state index in [0.717, 1.165) is 22.3 Å². The van der Waals surface area contributed by atoms with E-state index in [0.29, 0.717) is 0 Å². The fourth-order valence-electron chi connectivity index (χ4n) is 4.19. The Morgan fingerprint density at radius 3 is 1.66 bits per heavy atom. The van der Waals surface area contributed by atoms with Gasteiger partial charge in [0.25, 0.3) is 0 Å². The van der Waals surface area contributed by atoms with Gasteiger partial charge in [-0.3, -0.25) is 9.79 Å². The summed E-state index contributed by atoms with van der Waals surface area (Å²) in [4.78, 5) is 26.3. The standard InChI is InChI=1S/C19H20N4O4.2C7H8/c20-23-17(21-10-18(24)25)9-22-19(26)27-11-16-14-7-3-1-5-12(14)13-6-2-4-8-15(13)16;2*1-7-5-3-2-4-6-7/h1-8,16H,9-11,20H2,(H,21,23)(H,22,26)(H,24,25);2*2-6H,1H3. The number of rotatable bonds is 6. The molecular weight excluding hydrogens is 516 g/mol. The van der Waals surface area contributed by atoms with Crippen molar-refractivity contribution in [1.29, 1.82) is 0 Å². The predicted molar refractivity (Wildman–Crippen MR) is 163 cm³/mol. The van der Waals surface area contributed by atoms with Crippen molar-refractivity contribution in [3.63, 3.8) is 0 Å². The highest BCUT2D eigenvalue weighted by Gasteiger charge is 2.28. The molecule has 0 radical (unpaired) electrons. The average molecular weight is 553 g/mol. The van der Waals surface area contributed by atoms with Crippen LogP contribution in [-0.2, 0) is 9.53 Å². The third-order valence-electron chi connectivity index (χ3n) is 6.20. The van der Waals surface area contributed by atoms with Crippen molar-refractivity contribution in [3.8, 4) is 11.1 Å². The largest absolute Gasteiger partial charge is 0.480 e. The second kappa shape index (κ2) is 16.2. The van der Waals surface area contributed by atoms with Crippen LogP contribution < -0.4 is 16.6 Å². The number of nitrogens with zero attached hydrogens (tertiary/aromatic N) is 1. The summed E-state index contributed by atoms with van der Waals surface area (Å²) in [5.74, 6) is 4.28. The molecule has 0 bridgehead atoms. The number of carboxylic acid groups (broad SMARTS) is 1. The van der Waals surface area contributed by atoms with Crippen LogP contribution >= 0.6 is 0 Å². The number of hydrogen-bond donors (Lipinski definition) is 4. The predicted octanol–water partition coefficient (Wildman–Crippen LogP) is 5.46. The van der Waals surface area contributed by atoms with Crippen LogP contribution in [0.5, 0.6) is 0 Å². The van der Waals surface area contributed by atoms with E-state index in [1.165, 1.54) is 11.1 Å². The summed E-state index contributed by atoms with van der Waals surface area (Å²) in [5, 5.41) is 11.1. The molecule has 1 amide bonds. The first-order valence-corrected chi connectivity index (χ1v) is 13.2. The molecule has 0 spiro atoms. The van der Waals surface area contributed by atoms with E-state index in [1.807, 2.05) is 72.8 Å². The molecule has 0 aliphatic heterocycles. The number of benzene rings is 4. The zero-order valence-corrected chi connectivity index (χ0v) is 23.3. The Hall–Kier alpha value is -4.95. The number of hydrazine groups is 1. The maximum Gasteiger partial charge on any atom is 0.407 e.